The predicted molar refractivity (Wildman–Crippen MR) is 71.1 cm³/mol. The summed E-state index contributed by atoms with van der Waals surface area (Å²) in [4.78, 5) is 4.45. The van der Waals surface area contributed by atoms with Gasteiger partial charge >= 0.3 is 0 Å². The molecule has 6 heteroatoms. The molecule has 0 unspecified atom stereocenters. The van der Waals surface area contributed by atoms with Gasteiger partial charge in [0.25, 0.3) is 0 Å². The molecule has 0 spiro atoms. The van der Waals surface area contributed by atoms with Gasteiger partial charge in [-0.15, -0.1) is 0 Å². The van der Waals surface area contributed by atoms with Crippen LogP contribution in [0.15, 0.2) is 30.5 Å². The van der Waals surface area contributed by atoms with E-state index >= 15 is 0 Å². The van der Waals surface area contributed by atoms with Crippen LogP contribution in [0.3, 0.4) is 0 Å². The number of nitrogens with zero attached hydrogens (tertiary/aromatic N) is 3. The van der Waals surface area contributed by atoms with Gasteiger partial charge < -0.3 is 5.32 Å². The third-order valence-corrected chi connectivity index (χ3v) is 3.49. The van der Waals surface area contributed by atoms with E-state index in [1.165, 1.54) is 0 Å². The number of benzene rings is 1. The number of rotatable bonds is 2. The SMILES string of the molecule is Cn1ccc(Nc2nc3cc(Cl)ccc3s2)n1. The van der Waals surface area contributed by atoms with Crippen molar-refractivity contribution in [2.24, 2.45) is 7.05 Å². The van der Waals surface area contributed by atoms with Crippen LogP contribution < -0.4 is 5.32 Å². The Balaban J connectivity index is 1.95. The van der Waals surface area contributed by atoms with Crippen molar-refractivity contribution in [1.82, 2.24) is 14.8 Å². The van der Waals surface area contributed by atoms with Crippen LogP contribution >= 0.6 is 22.9 Å². The second-order valence-corrected chi connectivity index (χ2v) is 5.10. The van der Waals surface area contributed by atoms with E-state index in [1.54, 1.807) is 16.0 Å². The summed E-state index contributed by atoms with van der Waals surface area (Å²) in [7, 11) is 1.88. The number of nitrogens with one attached hydrogen (secondary N) is 1. The van der Waals surface area contributed by atoms with Crippen molar-refractivity contribution >= 4 is 44.1 Å². The molecule has 0 bridgehead atoms. The molecule has 0 radical (unpaired) electrons. The van der Waals surface area contributed by atoms with Gasteiger partial charge in [0.15, 0.2) is 10.9 Å². The van der Waals surface area contributed by atoms with E-state index < -0.39 is 0 Å². The maximum absolute atomic E-state index is 5.92. The number of thiazole rings is 1. The molecule has 1 aromatic carbocycles. The highest BCUT2D eigenvalue weighted by atomic mass is 35.5. The zero-order valence-electron chi connectivity index (χ0n) is 9.01. The van der Waals surface area contributed by atoms with Crippen LogP contribution in [0.1, 0.15) is 0 Å². The van der Waals surface area contributed by atoms with E-state index in [4.69, 9.17) is 11.6 Å². The number of aromatic nitrogens is 3. The number of fused-ring (bicyclic) bond motifs is 1. The first-order valence-electron chi connectivity index (χ1n) is 5.03. The normalized spacial score (nSPS) is 10.9. The zero-order chi connectivity index (χ0) is 11.8. The molecule has 86 valence electrons. The molecular formula is C11H9ClN4S. The Morgan fingerprint density at radius 3 is 3.00 bits per heavy atom. The molecule has 0 fully saturated rings. The van der Waals surface area contributed by atoms with Gasteiger partial charge in [-0.2, -0.15) is 5.10 Å². The summed E-state index contributed by atoms with van der Waals surface area (Å²) in [6.07, 6.45) is 1.88. The first kappa shape index (κ1) is 10.6. The average Bonchev–Trinajstić information content (AvgIpc) is 2.84. The molecule has 0 aliphatic rings. The molecule has 4 nitrogen and oxygen atoms in total. The number of aryl methyl sites for hydroxylation is 1. The summed E-state index contributed by atoms with van der Waals surface area (Å²) in [5.74, 6) is 0.789. The highest BCUT2D eigenvalue weighted by Gasteiger charge is 2.05. The van der Waals surface area contributed by atoms with Crippen molar-refractivity contribution in [3.05, 3.63) is 35.5 Å². The minimum absolute atomic E-state index is 0.701. The molecule has 3 aromatic rings. The third-order valence-electron chi connectivity index (χ3n) is 2.30. The van der Waals surface area contributed by atoms with Crippen LogP contribution in [-0.2, 0) is 7.05 Å². The van der Waals surface area contributed by atoms with E-state index in [0.717, 1.165) is 21.2 Å². The Bertz CT molecular complexity index is 673. The fraction of sp³-hybridized carbons (Fsp3) is 0.0909. The van der Waals surface area contributed by atoms with Gasteiger partial charge in [-0.3, -0.25) is 4.68 Å². The predicted octanol–water partition coefficient (Wildman–Crippen LogP) is 3.43. The topological polar surface area (TPSA) is 42.7 Å². The third kappa shape index (κ3) is 2.11. The summed E-state index contributed by atoms with van der Waals surface area (Å²) in [5, 5.41) is 8.93. The van der Waals surface area contributed by atoms with Crippen molar-refractivity contribution in [2.75, 3.05) is 5.32 Å². The van der Waals surface area contributed by atoms with Crippen LogP contribution in [0, 0.1) is 0 Å². The molecule has 0 aliphatic heterocycles. The van der Waals surface area contributed by atoms with Gasteiger partial charge in [-0.1, -0.05) is 22.9 Å². The van der Waals surface area contributed by atoms with Gasteiger partial charge in [0.1, 0.15) is 0 Å². The molecule has 0 saturated carbocycles. The minimum atomic E-state index is 0.701. The molecular weight excluding hydrogens is 256 g/mol. The lowest BCUT2D eigenvalue weighted by atomic mass is 10.3. The van der Waals surface area contributed by atoms with Crippen LogP contribution in [0.25, 0.3) is 10.2 Å². The van der Waals surface area contributed by atoms with E-state index in [1.807, 2.05) is 37.5 Å². The van der Waals surface area contributed by atoms with E-state index in [2.05, 4.69) is 15.4 Å². The Kier molecular flexibility index (Phi) is 2.49. The molecule has 2 heterocycles. The molecule has 0 saturated heterocycles. The maximum atomic E-state index is 5.92. The van der Waals surface area contributed by atoms with Gasteiger partial charge in [0.2, 0.25) is 0 Å². The standard InChI is InChI=1S/C11H9ClN4S/c1-16-5-4-10(15-16)14-11-13-8-6-7(12)2-3-9(8)17-11/h2-6H,1H3,(H,13,14,15). The van der Waals surface area contributed by atoms with Crippen LogP contribution in [0.4, 0.5) is 10.9 Å². The smallest absolute Gasteiger partial charge is 0.189 e. The lowest BCUT2D eigenvalue weighted by Crippen LogP contribution is -1.92. The van der Waals surface area contributed by atoms with E-state index in [9.17, 15) is 0 Å². The van der Waals surface area contributed by atoms with Crippen LogP contribution in [0.2, 0.25) is 5.02 Å². The van der Waals surface area contributed by atoms with Gasteiger partial charge in [0.05, 0.1) is 10.2 Å². The second-order valence-electron chi connectivity index (χ2n) is 3.63. The van der Waals surface area contributed by atoms with Crippen molar-refractivity contribution in [3.8, 4) is 0 Å². The molecule has 0 atom stereocenters. The Morgan fingerprint density at radius 2 is 2.24 bits per heavy atom. The highest BCUT2D eigenvalue weighted by Crippen LogP contribution is 2.29. The number of halogens is 1. The number of hydrogen-bond acceptors (Lipinski definition) is 4. The molecule has 1 N–H and O–H groups in total. The lowest BCUT2D eigenvalue weighted by Gasteiger charge is -1.94. The quantitative estimate of drug-likeness (QED) is 0.771. The molecule has 0 amide bonds. The first-order valence-corrected chi connectivity index (χ1v) is 6.23. The summed E-state index contributed by atoms with van der Waals surface area (Å²) in [5.41, 5.74) is 0.904. The van der Waals surface area contributed by atoms with E-state index in [-0.39, 0.29) is 0 Å². The maximum Gasteiger partial charge on any atom is 0.189 e. The summed E-state index contributed by atoms with van der Waals surface area (Å²) in [6.45, 7) is 0. The molecule has 3 rings (SSSR count). The van der Waals surface area contributed by atoms with Crippen LogP contribution in [-0.4, -0.2) is 14.8 Å². The fourth-order valence-electron chi connectivity index (χ4n) is 1.55. The lowest BCUT2D eigenvalue weighted by molar-refractivity contribution is 0.771. The molecule has 17 heavy (non-hydrogen) atoms. The van der Waals surface area contributed by atoms with Crippen molar-refractivity contribution in [1.29, 1.82) is 0 Å². The van der Waals surface area contributed by atoms with Crippen molar-refractivity contribution in [2.45, 2.75) is 0 Å². The number of anilines is 2. The zero-order valence-corrected chi connectivity index (χ0v) is 10.6. The minimum Gasteiger partial charge on any atom is -0.315 e. The summed E-state index contributed by atoms with van der Waals surface area (Å²) in [6, 6.07) is 7.60. The largest absolute Gasteiger partial charge is 0.315 e. The molecule has 2 aromatic heterocycles. The molecule has 0 aliphatic carbocycles. The second kappa shape index (κ2) is 4.01. The van der Waals surface area contributed by atoms with Gasteiger partial charge in [-0.25, -0.2) is 4.98 Å². The van der Waals surface area contributed by atoms with Gasteiger partial charge in [-0.05, 0) is 18.2 Å². The fourth-order valence-corrected chi connectivity index (χ4v) is 2.56. The van der Waals surface area contributed by atoms with E-state index in [0.29, 0.717) is 5.02 Å². The highest BCUT2D eigenvalue weighted by molar-refractivity contribution is 7.22. The first-order chi connectivity index (χ1) is 8.20. The Hall–Kier alpha value is -1.59. The summed E-state index contributed by atoms with van der Waals surface area (Å²) >= 11 is 7.50. The Morgan fingerprint density at radius 1 is 1.35 bits per heavy atom. The van der Waals surface area contributed by atoms with Crippen molar-refractivity contribution in [3.63, 3.8) is 0 Å². The van der Waals surface area contributed by atoms with Crippen LogP contribution in [0.5, 0.6) is 0 Å². The van der Waals surface area contributed by atoms with Crippen molar-refractivity contribution < 1.29 is 0 Å². The summed E-state index contributed by atoms with van der Waals surface area (Å²) < 4.78 is 2.85. The van der Waals surface area contributed by atoms with Gasteiger partial charge in [0, 0.05) is 24.3 Å². The monoisotopic (exact) mass is 264 g/mol. The average molecular weight is 265 g/mol. The Labute approximate surface area is 107 Å². The number of hydrogen-bond donors (Lipinski definition) is 1.